The Labute approximate surface area is 96.5 Å². The molecule has 16 heavy (non-hydrogen) atoms. The minimum absolute atomic E-state index is 0.311. The summed E-state index contributed by atoms with van der Waals surface area (Å²) in [6.45, 7) is 0.852. The van der Waals surface area contributed by atoms with Crippen LogP contribution in [0.2, 0.25) is 0 Å². The Kier molecular flexibility index (Phi) is 4.05. The van der Waals surface area contributed by atoms with Gasteiger partial charge in [0.05, 0.1) is 18.9 Å². The Morgan fingerprint density at radius 2 is 2.44 bits per heavy atom. The van der Waals surface area contributed by atoms with Crippen molar-refractivity contribution in [2.24, 2.45) is 0 Å². The molecule has 0 aromatic carbocycles. The van der Waals surface area contributed by atoms with E-state index >= 15 is 0 Å². The van der Waals surface area contributed by atoms with Crippen LogP contribution in [0, 0.1) is 0 Å². The van der Waals surface area contributed by atoms with Gasteiger partial charge in [-0.2, -0.15) is 0 Å². The van der Waals surface area contributed by atoms with Gasteiger partial charge >= 0.3 is 0 Å². The molecule has 3 heteroatoms. The highest BCUT2D eigenvalue weighted by molar-refractivity contribution is 5.07. The summed E-state index contributed by atoms with van der Waals surface area (Å²) in [6, 6.07) is 4.26. The summed E-state index contributed by atoms with van der Waals surface area (Å²) >= 11 is 0. The average molecular weight is 221 g/mol. The van der Waals surface area contributed by atoms with Crippen LogP contribution in [0.4, 0.5) is 0 Å². The number of likely N-dealkylation sites (N-methyl/N-ethyl adjacent to an activating group) is 1. The molecule has 1 aromatic rings. The summed E-state index contributed by atoms with van der Waals surface area (Å²) in [5, 5.41) is 3.30. The van der Waals surface area contributed by atoms with E-state index in [1.165, 1.54) is 0 Å². The third-order valence-corrected chi connectivity index (χ3v) is 2.91. The first kappa shape index (κ1) is 11.3. The smallest absolute Gasteiger partial charge is 0.109 e. The maximum Gasteiger partial charge on any atom is 0.109 e. The number of hydrogen-bond donors (Lipinski definition) is 1. The summed E-state index contributed by atoms with van der Waals surface area (Å²) in [7, 11) is 1.98. The first-order valence-corrected chi connectivity index (χ1v) is 5.92. The van der Waals surface area contributed by atoms with Gasteiger partial charge in [0.1, 0.15) is 11.5 Å². The molecule has 3 nitrogen and oxygen atoms in total. The summed E-state index contributed by atoms with van der Waals surface area (Å²) < 4.78 is 11.0. The second-order valence-corrected chi connectivity index (χ2v) is 4.06. The van der Waals surface area contributed by atoms with E-state index in [0.717, 1.165) is 43.8 Å². The second kappa shape index (κ2) is 5.75. The summed E-state index contributed by atoms with van der Waals surface area (Å²) in [5.41, 5.74) is 0. The van der Waals surface area contributed by atoms with Gasteiger partial charge in [-0.3, -0.25) is 0 Å². The van der Waals surface area contributed by atoms with Crippen molar-refractivity contribution in [3.8, 4) is 0 Å². The molecule has 0 spiro atoms. The fourth-order valence-electron chi connectivity index (χ4n) is 1.99. The molecule has 0 amide bonds. The zero-order valence-corrected chi connectivity index (χ0v) is 9.74. The molecule has 0 radical (unpaired) electrons. The second-order valence-electron chi connectivity index (χ2n) is 4.06. The first-order chi connectivity index (χ1) is 7.90. The number of ether oxygens (including phenoxy) is 1. The van der Waals surface area contributed by atoms with Gasteiger partial charge in [0.25, 0.3) is 0 Å². The van der Waals surface area contributed by atoms with Crippen LogP contribution in [-0.4, -0.2) is 19.7 Å². The molecule has 0 fully saturated rings. The van der Waals surface area contributed by atoms with Crippen molar-refractivity contribution in [1.29, 1.82) is 0 Å². The lowest BCUT2D eigenvalue weighted by Gasteiger charge is -2.23. The zero-order chi connectivity index (χ0) is 11.2. The molecular formula is C13H19NO2. The standard InChI is InChI=1S/C13H19NO2/c1-14-12(13-6-2-3-9-16-13)8-7-11-5-4-10-15-11/h4-6,10,12,14H,2-3,7-9H2,1H3. The van der Waals surface area contributed by atoms with Crippen LogP contribution in [0.3, 0.4) is 0 Å². The number of aryl methyl sites for hydroxylation is 1. The number of rotatable bonds is 5. The molecule has 0 aliphatic carbocycles. The lowest BCUT2D eigenvalue weighted by molar-refractivity contribution is 0.166. The van der Waals surface area contributed by atoms with Crippen LogP contribution >= 0.6 is 0 Å². The number of nitrogens with one attached hydrogen (secondary N) is 1. The Hall–Kier alpha value is -1.22. The summed E-state index contributed by atoms with van der Waals surface area (Å²) in [5.74, 6) is 2.14. The van der Waals surface area contributed by atoms with Gasteiger partial charge in [0, 0.05) is 6.42 Å². The van der Waals surface area contributed by atoms with Gasteiger partial charge in [-0.05, 0) is 44.5 Å². The maximum atomic E-state index is 5.67. The van der Waals surface area contributed by atoms with Crippen LogP contribution in [-0.2, 0) is 11.2 Å². The predicted octanol–water partition coefficient (Wildman–Crippen LogP) is 2.49. The molecular weight excluding hydrogens is 202 g/mol. The topological polar surface area (TPSA) is 34.4 Å². The van der Waals surface area contributed by atoms with Crippen LogP contribution < -0.4 is 5.32 Å². The molecule has 1 aromatic heterocycles. The Morgan fingerprint density at radius 3 is 3.06 bits per heavy atom. The molecule has 1 aliphatic heterocycles. The van der Waals surface area contributed by atoms with Crippen LogP contribution in [0.15, 0.2) is 34.6 Å². The Balaban J connectivity index is 1.87. The van der Waals surface area contributed by atoms with Gasteiger partial charge < -0.3 is 14.5 Å². The van der Waals surface area contributed by atoms with E-state index in [-0.39, 0.29) is 0 Å². The molecule has 0 bridgehead atoms. The Bertz CT molecular complexity index is 330. The highest BCUT2D eigenvalue weighted by Gasteiger charge is 2.16. The minimum atomic E-state index is 0.311. The molecule has 88 valence electrons. The first-order valence-electron chi connectivity index (χ1n) is 5.92. The molecule has 1 atom stereocenters. The van der Waals surface area contributed by atoms with Crippen LogP contribution in [0.25, 0.3) is 0 Å². The van der Waals surface area contributed by atoms with E-state index in [9.17, 15) is 0 Å². The van der Waals surface area contributed by atoms with E-state index in [1.54, 1.807) is 6.26 Å². The van der Waals surface area contributed by atoms with E-state index in [4.69, 9.17) is 9.15 Å². The van der Waals surface area contributed by atoms with E-state index in [1.807, 2.05) is 19.2 Å². The normalized spacial score (nSPS) is 17.7. The van der Waals surface area contributed by atoms with Gasteiger partial charge in [-0.1, -0.05) is 0 Å². The van der Waals surface area contributed by atoms with Crippen LogP contribution in [0.5, 0.6) is 0 Å². The highest BCUT2D eigenvalue weighted by Crippen LogP contribution is 2.17. The largest absolute Gasteiger partial charge is 0.497 e. The van der Waals surface area contributed by atoms with Crippen molar-refractivity contribution in [2.45, 2.75) is 31.7 Å². The SMILES string of the molecule is CNC(CCc1ccco1)C1=CCCCO1. The van der Waals surface area contributed by atoms with Gasteiger partial charge in [0.2, 0.25) is 0 Å². The summed E-state index contributed by atoms with van der Waals surface area (Å²) in [6.07, 6.45) is 8.15. The zero-order valence-electron chi connectivity index (χ0n) is 9.74. The molecule has 2 heterocycles. The quantitative estimate of drug-likeness (QED) is 0.829. The maximum absolute atomic E-state index is 5.67. The monoisotopic (exact) mass is 221 g/mol. The third-order valence-electron chi connectivity index (χ3n) is 2.91. The van der Waals surface area contributed by atoms with E-state index < -0.39 is 0 Å². The van der Waals surface area contributed by atoms with Gasteiger partial charge in [-0.25, -0.2) is 0 Å². The van der Waals surface area contributed by atoms with Crippen molar-refractivity contribution in [3.05, 3.63) is 36.0 Å². The molecule has 1 N–H and O–H groups in total. The highest BCUT2D eigenvalue weighted by atomic mass is 16.5. The average Bonchev–Trinajstić information content (AvgIpc) is 2.84. The number of hydrogen-bond acceptors (Lipinski definition) is 3. The van der Waals surface area contributed by atoms with Crippen LogP contribution in [0.1, 0.15) is 25.0 Å². The predicted molar refractivity (Wildman–Crippen MR) is 63.1 cm³/mol. The Morgan fingerprint density at radius 1 is 1.50 bits per heavy atom. The van der Waals surface area contributed by atoms with E-state index in [0.29, 0.717) is 6.04 Å². The van der Waals surface area contributed by atoms with Crippen molar-refractivity contribution in [1.82, 2.24) is 5.32 Å². The van der Waals surface area contributed by atoms with Gasteiger partial charge in [0.15, 0.2) is 0 Å². The number of furan rings is 1. The van der Waals surface area contributed by atoms with Crippen molar-refractivity contribution < 1.29 is 9.15 Å². The molecule has 0 saturated heterocycles. The fraction of sp³-hybridized carbons (Fsp3) is 0.538. The third kappa shape index (κ3) is 2.89. The lowest BCUT2D eigenvalue weighted by atomic mass is 10.1. The number of allylic oxidation sites excluding steroid dienone is 1. The van der Waals surface area contributed by atoms with Gasteiger partial charge in [-0.15, -0.1) is 0 Å². The van der Waals surface area contributed by atoms with E-state index in [2.05, 4.69) is 11.4 Å². The minimum Gasteiger partial charge on any atom is -0.497 e. The van der Waals surface area contributed by atoms with Crippen molar-refractivity contribution >= 4 is 0 Å². The molecule has 2 rings (SSSR count). The molecule has 0 saturated carbocycles. The molecule has 1 aliphatic rings. The fourth-order valence-corrected chi connectivity index (χ4v) is 1.99. The van der Waals surface area contributed by atoms with Crippen molar-refractivity contribution in [3.63, 3.8) is 0 Å². The summed E-state index contributed by atoms with van der Waals surface area (Å²) in [4.78, 5) is 0. The lowest BCUT2D eigenvalue weighted by Crippen LogP contribution is -2.30. The van der Waals surface area contributed by atoms with Crippen molar-refractivity contribution in [2.75, 3.05) is 13.7 Å². The molecule has 1 unspecified atom stereocenters.